The molecule has 0 fully saturated rings. The molecule has 1 heteroatoms. The predicted octanol–water partition coefficient (Wildman–Crippen LogP) is 2.03. The van der Waals surface area contributed by atoms with Gasteiger partial charge >= 0.3 is 0 Å². The van der Waals surface area contributed by atoms with Gasteiger partial charge in [0.05, 0.1) is 4.91 Å². The minimum absolute atomic E-state index is 0.709. The van der Waals surface area contributed by atoms with Crippen molar-refractivity contribution >= 4 is 11.8 Å². The fourth-order valence-electron chi connectivity index (χ4n) is 0.679. The lowest BCUT2D eigenvalue weighted by atomic mass is 10.3. The average Bonchev–Trinajstić information content (AvgIpc) is 2.14. The Hall–Kier alpha value is -0.350. The van der Waals surface area contributed by atoms with E-state index in [9.17, 15) is 0 Å². The Morgan fingerprint density at radius 3 is 3.00 bits per heavy atom. The van der Waals surface area contributed by atoms with Gasteiger partial charge in [0.25, 0.3) is 0 Å². The first-order valence-corrected chi connectivity index (χ1v) is 3.54. The summed E-state index contributed by atoms with van der Waals surface area (Å²) in [6.45, 7) is 2.19. The van der Waals surface area contributed by atoms with Crippen LogP contribution in [0.25, 0.3) is 0 Å². The van der Waals surface area contributed by atoms with E-state index in [1.165, 1.54) is 0 Å². The molecular weight excluding hydrogens is 116 g/mol. The molecule has 0 saturated heterocycles. The molecule has 1 atom stereocenters. The van der Waals surface area contributed by atoms with Gasteiger partial charge in [0.1, 0.15) is 0 Å². The summed E-state index contributed by atoms with van der Waals surface area (Å²) < 4.78 is 0. The van der Waals surface area contributed by atoms with Crippen molar-refractivity contribution in [2.45, 2.75) is 18.6 Å². The van der Waals surface area contributed by atoms with E-state index >= 15 is 0 Å². The van der Waals surface area contributed by atoms with E-state index < -0.39 is 0 Å². The number of hydrogen-bond acceptors (Lipinski definition) is 1. The second-order valence-corrected chi connectivity index (χ2v) is 3.36. The molecule has 8 heavy (non-hydrogen) atoms. The Labute approximate surface area is 54.4 Å². The van der Waals surface area contributed by atoms with Crippen LogP contribution in [-0.2, 0) is 0 Å². The van der Waals surface area contributed by atoms with Crippen LogP contribution in [-0.4, -0.2) is 5.25 Å². The van der Waals surface area contributed by atoms with Crippen LogP contribution in [0.1, 0.15) is 13.3 Å². The molecule has 0 N–H and O–H groups in total. The largest absolute Gasteiger partial charge is 0.114 e. The quantitative estimate of drug-likeness (QED) is 0.445. The monoisotopic (exact) mass is 124 g/mol. The van der Waals surface area contributed by atoms with E-state index in [1.54, 1.807) is 11.8 Å². The van der Waals surface area contributed by atoms with Crippen molar-refractivity contribution in [3.8, 4) is 12.3 Å². The van der Waals surface area contributed by atoms with Crippen LogP contribution in [0, 0.1) is 12.3 Å². The third-order valence-corrected chi connectivity index (χ3v) is 2.24. The molecule has 42 valence electrons. The second kappa shape index (κ2) is 2.28. The first kappa shape index (κ1) is 5.78. The molecule has 0 aromatic heterocycles. The Morgan fingerprint density at radius 1 is 2.00 bits per heavy atom. The fraction of sp³-hybridized carbons (Fsp3) is 0.429. The molecule has 0 aliphatic carbocycles. The Balaban J connectivity index is 2.53. The molecule has 1 heterocycles. The van der Waals surface area contributed by atoms with Gasteiger partial charge in [-0.1, -0.05) is 18.9 Å². The van der Waals surface area contributed by atoms with Crippen molar-refractivity contribution in [3.05, 3.63) is 11.0 Å². The zero-order chi connectivity index (χ0) is 5.98. The summed E-state index contributed by atoms with van der Waals surface area (Å²) in [5.74, 6) is 2.62. The lowest BCUT2D eigenvalue weighted by Crippen LogP contribution is -1.83. The van der Waals surface area contributed by atoms with Gasteiger partial charge in [-0.2, -0.15) is 0 Å². The summed E-state index contributed by atoms with van der Waals surface area (Å²) in [6, 6.07) is 0. The maximum Gasteiger partial charge on any atom is 0.0533 e. The van der Waals surface area contributed by atoms with Crippen molar-refractivity contribution in [2.24, 2.45) is 0 Å². The number of hydrogen-bond donors (Lipinski definition) is 0. The summed E-state index contributed by atoms with van der Waals surface area (Å²) in [7, 11) is 0. The van der Waals surface area contributed by atoms with Gasteiger partial charge < -0.3 is 0 Å². The lowest BCUT2D eigenvalue weighted by molar-refractivity contribution is 1.00. The summed E-state index contributed by atoms with van der Waals surface area (Å²) in [5, 5.41) is 0.709. The fourth-order valence-corrected chi connectivity index (χ4v) is 1.57. The summed E-state index contributed by atoms with van der Waals surface area (Å²) >= 11 is 1.79. The standard InChI is InChI=1S/C7H8S/c1-3-7-5-4-6(2)8-7/h1,5-6H,4H2,2H3. The Kier molecular flexibility index (Phi) is 1.65. The molecule has 0 bridgehead atoms. The first-order valence-electron chi connectivity index (χ1n) is 2.66. The average molecular weight is 124 g/mol. The summed E-state index contributed by atoms with van der Waals surface area (Å²) in [5.41, 5.74) is 0. The lowest BCUT2D eigenvalue weighted by Gasteiger charge is -1.94. The topological polar surface area (TPSA) is 0 Å². The molecule has 0 aromatic rings. The maximum absolute atomic E-state index is 5.16. The van der Waals surface area contributed by atoms with Gasteiger partial charge in [-0.3, -0.25) is 0 Å². The molecule has 1 aliphatic heterocycles. The van der Waals surface area contributed by atoms with Crippen LogP contribution in [0.4, 0.5) is 0 Å². The molecule has 1 aliphatic rings. The van der Waals surface area contributed by atoms with Crippen molar-refractivity contribution < 1.29 is 0 Å². The Morgan fingerprint density at radius 2 is 2.75 bits per heavy atom. The molecular formula is C7H8S. The Bertz CT molecular complexity index is 150. The SMILES string of the molecule is C#CC1=CCC(C)S1. The van der Waals surface area contributed by atoms with Gasteiger partial charge in [0.2, 0.25) is 0 Å². The van der Waals surface area contributed by atoms with E-state index in [0.29, 0.717) is 5.25 Å². The first-order chi connectivity index (χ1) is 3.83. The molecule has 1 rings (SSSR count). The van der Waals surface area contributed by atoms with Crippen LogP contribution >= 0.6 is 11.8 Å². The molecule has 0 nitrogen and oxygen atoms in total. The van der Waals surface area contributed by atoms with E-state index in [0.717, 1.165) is 11.3 Å². The molecule has 0 amide bonds. The van der Waals surface area contributed by atoms with E-state index in [-0.39, 0.29) is 0 Å². The van der Waals surface area contributed by atoms with E-state index in [1.807, 2.05) is 0 Å². The van der Waals surface area contributed by atoms with Crippen LogP contribution in [0.15, 0.2) is 11.0 Å². The van der Waals surface area contributed by atoms with Crippen LogP contribution in [0.3, 0.4) is 0 Å². The molecule has 0 spiro atoms. The normalized spacial score (nSPS) is 27.0. The minimum Gasteiger partial charge on any atom is -0.114 e. The number of thioether (sulfide) groups is 1. The summed E-state index contributed by atoms with van der Waals surface area (Å²) in [6.07, 6.45) is 8.42. The minimum atomic E-state index is 0.709. The van der Waals surface area contributed by atoms with E-state index in [2.05, 4.69) is 18.9 Å². The zero-order valence-corrected chi connectivity index (χ0v) is 5.66. The highest BCUT2D eigenvalue weighted by Gasteiger charge is 2.09. The van der Waals surface area contributed by atoms with Gasteiger partial charge in [0.15, 0.2) is 0 Å². The molecule has 0 aromatic carbocycles. The number of terminal acetylenes is 1. The highest BCUT2D eigenvalue weighted by Crippen LogP contribution is 2.30. The predicted molar refractivity (Wildman–Crippen MR) is 38.6 cm³/mol. The van der Waals surface area contributed by atoms with Crippen LogP contribution < -0.4 is 0 Å². The zero-order valence-electron chi connectivity index (χ0n) is 4.85. The van der Waals surface area contributed by atoms with Crippen LogP contribution in [0.2, 0.25) is 0 Å². The van der Waals surface area contributed by atoms with Crippen molar-refractivity contribution in [2.75, 3.05) is 0 Å². The smallest absolute Gasteiger partial charge is 0.0533 e. The van der Waals surface area contributed by atoms with Gasteiger partial charge in [0, 0.05) is 5.25 Å². The van der Waals surface area contributed by atoms with E-state index in [4.69, 9.17) is 6.42 Å². The molecule has 1 unspecified atom stereocenters. The summed E-state index contributed by atoms with van der Waals surface area (Å²) in [4.78, 5) is 1.11. The van der Waals surface area contributed by atoms with Crippen molar-refractivity contribution in [1.82, 2.24) is 0 Å². The van der Waals surface area contributed by atoms with Crippen molar-refractivity contribution in [3.63, 3.8) is 0 Å². The van der Waals surface area contributed by atoms with Crippen LogP contribution in [0.5, 0.6) is 0 Å². The second-order valence-electron chi connectivity index (χ2n) is 1.88. The molecule has 0 radical (unpaired) electrons. The number of allylic oxidation sites excluding steroid dienone is 2. The third-order valence-electron chi connectivity index (χ3n) is 1.11. The molecule has 0 saturated carbocycles. The maximum atomic E-state index is 5.16. The van der Waals surface area contributed by atoms with Crippen molar-refractivity contribution in [1.29, 1.82) is 0 Å². The van der Waals surface area contributed by atoms with Gasteiger partial charge in [-0.05, 0) is 6.42 Å². The number of rotatable bonds is 0. The highest BCUT2D eigenvalue weighted by molar-refractivity contribution is 8.04. The highest BCUT2D eigenvalue weighted by atomic mass is 32.2. The van der Waals surface area contributed by atoms with Gasteiger partial charge in [-0.25, -0.2) is 0 Å². The van der Waals surface area contributed by atoms with Gasteiger partial charge in [-0.15, -0.1) is 18.2 Å². The third kappa shape index (κ3) is 1.08.